The van der Waals surface area contributed by atoms with Gasteiger partial charge in [0.1, 0.15) is 10.6 Å². The fourth-order valence-corrected chi connectivity index (χ4v) is 3.24. The Morgan fingerprint density at radius 3 is 2.26 bits per heavy atom. The Balaban J connectivity index is 0.000000703. The van der Waals surface area contributed by atoms with Gasteiger partial charge in [-0.05, 0) is 25.5 Å². The Morgan fingerprint density at radius 2 is 1.71 bits per heavy atom. The molecule has 0 unspecified atom stereocenters. The first-order valence-corrected chi connectivity index (χ1v) is 10.1. The molecule has 0 radical (unpaired) electrons. The van der Waals surface area contributed by atoms with E-state index in [0.29, 0.717) is 23.5 Å². The minimum atomic E-state index is -1.82. The third kappa shape index (κ3) is 8.95. The lowest BCUT2D eigenvalue weighted by Crippen LogP contribution is -2.29. The van der Waals surface area contributed by atoms with Crippen LogP contribution in [0.3, 0.4) is 0 Å². The average Bonchev–Trinajstić information content (AvgIpc) is 3.16. The van der Waals surface area contributed by atoms with Gasteiger partial charge in [-0.3, -0.25) is 4.79 Å². The van der Waals surface area contributed by atoms with Gasteiger partial charge < -0.3 is 30.7 Å². The van der Waals surface area contributed by atoms with Gasteiger partial charge in [0.2, 0.25) is 5.91 Å². The predicted molar refractivity (Wildman–Crippen MR) is 114 cm³/mol. The number of rotatable bonds is 9. The summed E-state index contributed by atoms with van der Waals surface area (Å²) in [5, 5.41) is 31.5. The van der Waals surface area contributed by atoms with Crippen molar-refractivity contribution >= 4 is 40.2 Å². The molecule has 0 bridgehead atoms. The number of benzene rings is 1. The lowest BCUT2D eigenvalue weighted by Gasteiger charge is -2.09. The maximum atomic E-state index is 12.4. The number of carboxylic acids is 2. The van der Waals surface area contributed by atoms with Crippen LogP contribution in [-0.4, -0.2) is 65.4 Å². The van der Waals surface area contributed by atoms with E-state index in [0.717, 1.165) is 11.1 Å². The number of nitrogens with one attached hydrogen (secondary N) is 2. The number of carbonyl (C=O) groups excluding carboxylic acids is 2. The van der Waals surface area contributed by atoms with Crippen LogP contribution >= 0.6 is 11.3 Å². The van der Waals surface area contributed by atoms with Crippen molar-refractivity contribution in [3.05, 3.63) is 41.3 Å². The van der Waals surface area contributed by atoms with Crippen LogP contribution in [0, 0.1) is 0 Å². The summed E-state index contributed by atoms with van der Waals surface area (Å²) in [6.45, 7) is 2.75. The topological polar surface area (TPSA) is 162 Å². The molecule has 1 heterocycles. The molecule has 11 heteroatoms. The van der Waals surface area contributed by atoms with Crippen molar-refractivity contribution in [1.29, 1.82) is 0 Å². The molecule has 5 N–H and O–H groups in total. The molecule has 0 aliphatic rings. The number of carboxylic acid groups (broad SMARTS) is 2. The van der Waals surface area contributed by atoms with Crippen molar-refractivity contribution in [3.63, 3.8) is 0 Å². The predicted octanol–water partition coefficient (Wildman–Crippen LogP) is 1.66. The van der Waals surface area contributed by atoms with E-state index in [9.17, 15) is 9.59 Å². The fourth-order valence-electron chi connectivity index (χ4n) is 2.26. The molecule has 0 fully saturated rings. The highest BCUT2D eigenvalue weighted by Gasteiger charge is 2.22. The zero-order chi connectivity index (χ0) is 23.2. The zero-order valence-corrected chi connectivity index (χ0v) is 17.6. The second kappa shape index (κ2) is 13.9. The summed E-state index contributed by atoms with van der Waals surface area (Å²) in [5.74, 6) is -4.35. The fraction of sp³-hybridized carbons (Fsp3) is 0.300. The number of aliphatic hydroxyl groups excluding tert-OH is 1. The van der Waals surface area contributed by atoms with E-state index < -0.39 is 17.9 Å². The Hall–Kier alpha value is -3.28. The van der Waals surface area contributed by atoms with Crippen LogP contribution < -0.4 is 10.6 Å². The highest BCUT2D eigenvalue weighted by Crippen LogP contribution is 2.36. The number of amides is 1. The SMILES string of the molecule is CCOC(=O)c1c(-c2ccccc2)csc1NC(=O)CNCCCO.O=C(O)C(=O)O. The van der Waals surface area contributed by atoms with Gasteiger partial charge in [0.25, 0.3) is 0 Å². The van der Waals surface area contributed by atoms with Gasteiger partial charge in [0, 0.05) is 17.6 Å². The minimum Gasteiger partial charge on any atom is -0.473 e. The van der Waals surface area contributed by atoms with Crippen LogP contribution in [-0.2, 0) is 19.1 Å². The molecule has 0 aliphatic heterocycles. The molecule has 0 saturated carbocycles. The number of thiophene rings is 1. The highest BCUT2D eigenvalue weighted by molar-refractivity contribution is 7.15. The quantitative estimate of drug-likeness (QED) is 0.216. The van der Waals surface area contributed by atoms with E-state index in [1.807, 2.05) is 35.7 Å². The van der Waals surface area contributed by atoms with E-state index in [1.165, 1.54) is 11.3 Å². The second-order valence-corrected chi connectivity index (χ2v) is 6.73. The van der Waals surface area contributed by atoms with Crippen LogP contribution in [0.2, 0.25) is 0 Å². The third-order valence-electron chi connectivity index (χ3n) is 3.59. The summed E-state index contributed by atoms with van der Waals surface area (Å²) in [6.07, 6.45) is 0.582. The Labute approximate surface area is 182 Å². The third-order valence-corrected chi connectivity index (χ3v) is 4.48. The maximum Gasteiger partial charge on any atom is 0.414 e. The monoisotopic (exact) mass is 452 g/mol. The summed E-state index contributed by atoms with van der Waals surface area (Å²) in [6, 6.07) is 9.51. The van der Waals surface area contributed by atoms with Crippen molar-refractivity contribution in [2.24, 2.45) is 0 Å². The molecule has 0 saturated heterocycles. The lowest BCUT2D eigenvalue weighted by molar-refractivity contribution is -0.159. The number of aliphatic hydroxyl groups is 1. The summed E-state index contributed by atoms with van der Waals surface area (Å²) in [4.78, 5) is 42.7. The lowest BCUT2D eigenvalue weighted by atomic mass is 10.0. The molecule has 10 nitrogen and oxygen atoms in total. The molecule has 0 aliphatic carbocycles. The molecule has 31 heavy (non-hydrogen) atoms. The number of aliphatic carboxylic acids is 2. The smallest absolute Gasteiger partial charge is 0.414 e. The van der Waals surface area contributed by atoms with Gasteiger partial charge >= 0.3 is 17.9 Å². The summed E-state index contributed by atoms with van der Waals surface area (Å²) in [7, 11) is 0. The summed E-state index contributed by atoms with van der Waals surface area (Å²) < 4.78 is 5.16. The zero-order valence-electron chi connectivity index (χ0n) is 16.8. The van der Waals surface area contributed by atoms with Crippen LogP contribution in [0.5, 0.6) is 0 Å². The number of hydrogen-bond donors (Lipinski definition) is 5. The Bertz CT molecular complexity index is 871. The van der Waals surface area contributed by atoms with Gasteiger partial charge in [0.05, 0.1) is 13.2 Å². The van der Waals surface area contributed by atoms with Gasteiger partial charge in [-0.2, -0.15) is 0 Å². The number of esters is 1. The van der Waals surface area contributed by atoms with E-state index in [4.69, 9.17) is 29.6 Å². The summed E-state index contributed by atoms with van der Waals surface area (Å²) in [5.41, 5.74) is 2.01. The molecular formula is C20H24N2O8S. The van der Waals surface area contributed by atoms with E-state index in [1.54, 1.807) is 6.92 Å². The van der Waals surface area contributed by atoms with Crippen LogP contribution in [0.1, 0.15) is 23.7 Å². The minimum absolute atomic E-state index is 0.0764. The van der Waals surface area contributed by atoms with Crippen LogP contribution in [0.4, 0.5) is 5.00 Å². The summed E-state index contributed by atoms with van der Waals surface area (Å²) >= 11 is 1.30. The molecule has 0 spiro atoms. The Morgan fingerprint density at radius 1 is 1.06 bits per heavy atom. The van der Waals surface area contributed by atoms with E-state index >= 15 is 0 Å². The van der Waals surface area contributed by atoms with Crippen molar-refractivity contribution in [2.45, 2.75) is 13.3 Å². The molecule has 2 aromatic rings. The number of ether oxygens (including phenoxy) is 1. The van der Waals surface area contributed by atoms with Crippen molar-refractivity contribution in [2.75, 3.05) is 31.6 Å². The van der Waals surface area contributed by atoms with Gasteiger partial charge in [-0.1, -0.05) is 30.3 Å². The molecular weight excluding hydrogens is 428 g/mol. The van der Waals surface area contributed by atoms with Crippen molar-refractivity contribution in [3.8, 4) is 11.1 Å². The van der Waals surface area contributed by atoms with Crippen LogP contribution in [0.15, 0.2) is 35.7 Å². The van der Waals surface area contributed by atoms with Crippen LogP contribution in [0.25, 0.3) is 11.1 Å². The number of anilines is 1. The first kappa shape index (κ1) is 25.8. The number of carbonyl (C=O) groups is 4. The Kier molecular flexibility index (Phi) is 11.5. The second-order valence-electron chi connectivity index (χ2n) is 5.85. The standard InChI is InChI=1S/C18H22N2O4S.C2H2O4/c1-2-24-18(23)16-14(13-7-4-3-5-8-13)12-25-17(16)20-15(22)11-19-9-6-10-21;3-1(4)2(5)6/h3-5,7-8,12,19,21H,2,6,9-11H2,1H3,(H,20,22);(H,3,4)(H,5,6). The normalized spacial score (nSPS) is 9.87. The average molecular weight is 452 g/mol. The molecule has 0 atom stereocenters. The van der Waals surface area contributed by atoms with E-state index in [2.05, 4.69) is 10.6 Å². The highest BCUT2D eigenvalue weighted by atomic mass is 32.1. The first-order chi connectivity index (χ1) is 14.8. The van der Waals surface area contributed by atoms with Gasteiger partial charge in [-0.25, -0.2) is 14.4 Å². The van der Waals surface area contributed by atoms with E-state index in [-0.39, 0.29) is 25.7 Å². The molecule has 1 amide bonds. The van der Waals surface area contributed by atoms with Crippen molar-refractivity contribution < 1.29 is 39.2 Å². The number of hydrogen-bond acceptors (Lipinski definition) is 8. The molecule has 1 aromatic carbocycles. The maximum absolute atomic E-state index is 12.4. The van der Waals surface area contributed by atoms with Crippen molar-refractivity contribution in [1.82, 2.24) is 5.32 Å². The first-order valence-electron chi connectivity index (χ1n) is 9.23. The molecule has 1 aromatic heterocycles. The molecule has 2 rings (SSSR count). The molecule has 168 valence electrons. The largest absolute Gasteiger partial charge is 0.473 e. The van der Waals surface area contributed by atoms with Gasteiger partial charge in [0.15, 0.2) is 0 Å². The van der Waals surface area contributed by atoms with Gasteiger partial charge in [-0.15, -0.1) is 11.3 Å².